The fourth-order valence-electron chi connectivity index (χ4n) is 6.35. The number of carbonyl (C=O) groups excluding carboxylic acids is 1. The van der Waals surface area contributed by atoms with Gasteiger partial charge in [0.15, 0.2) is 0 Å². The van der Waals surface area contributed by atoms with Gasteiger partial charge in [-0.25, -0.2) is 0 Å². The van der Waals surface area contributed by atoms with E-state index in [1.54, 1.807) is 0 Å². The van der Waals surface area contributed by atoms with Gasteiger partial charge in [0, 0.05) is 15.6 Å². The Balaban J connectivity index is 1.67. The molecular weight excluding hydrogens is 398 g/mol. The molecule has 1 amide bonds. The minimum absolute atomic E-state index is 0.0176. The molecule has 1 aromatic carbocycles. The van der Waals surface area contributed by atoms with E-state index in [9.17, 15) is 4.79 Å². The third-order valence-corrected chi connectivity index (χ3v) is 8.31. The van der Waals surface area contributed by atoms with Gasteiger partial charge in [0.2, 0.25) is 0 Å². The number of hydrogen-bond donors (Lipinski definition) is 1. The van der Waals surface area contributed by atoms with Crippen molar-refractivity contribution in [2.45, 2.75) is 59.3 Å². The SMILES string of the molecule is C=C1CC[C@H]2C(C)(C)CCC[C@]2(C)[C@H]1C/C=C1\C(=O)Nc2cccc(Br)c21. The molecule has 1 aliphatic heterocycles. The number of allylic oxidation sites excluding steroid dienone is 2. The van der Waals surface area contributed by atoms with Crippen LogP contribution in [0.2, 0.25) is 0 Å². The zero-order chi connectivity index (χ0) is 19.4. The Morgan fingerprint density at radius 1 is 1.30 bits per heavy atom. The lowest BCUT2D eigenvalue weighted by atomic mass is 9.47. The molecule has 3 atom stereocenters. The van der Waals surface area contributed by atoms with E-state index in [0.717, 1.165) is 40.1 Å². The summed E-state index contributed by atoms with van der Waals surface area (Å²) in [5, 5.41) is 3.01. The molecule has 1 aromatic rings. The zero-order valence-electron chi connectivity index (χ0n) is 16.7. The Morgan fingerprint density at radius 3 is 2.85 bits per heavy atom. The van der Waals surface area contributed by atoms with Gasteiger partial charge in [0.25, 0.3) is 5.91 Å². The summed E-state index contributed by atoms with van der Waals surface area (Å²) < 4.78 is 0.981. The van der Waals surface area contributed by atoms with Crippen LogP contribution in [-0.4, -0.2) is 5.91 Å². The number of anilines is 1. The third-order valence-electron chi connectivity index (χ3n) is 7.65. The van der Waals surface area contributed by atoms with Crippen molar-refractivity contribution in [2.24, 2.45) is 22.7 Å². The molecule has 2 saturated carbocycles. The number of halogens is 1. The monoisotopic (exact) mass is 427 g/mol. The first-order chi connectivity index (χ1) is 12.7. The normalized spacial score (nSPS) is 33.6. The molecule has 3 heteroatoms. The fraction of sp³-hybridized carbons (Fsp3) is 0.542. The summed E-state index contributed by atoms with van der Waals surface area (Å²) in [4.78, 5) is 12.6. The third kappa shape index (κ3) is 3.03. The second-order valence-electron chi connectivity index (χ2n) is 9.62. The van der Waals surface area contributed by atoms with Gasteiger partial charge < -0.3 is 5.32 Å². The highest BCUT2D eigenvalue weighted by molar-refractivity contribution is 9.10. The lowest BCUT2D eigenvalue weighted by Gasteiger charge is -2.58. The molecule has 0 saturated heterocycles. The number of fused-ring (bicyclic) bond motifs is 2. The molecule has 4 rings (SSSR count). The van der Waals surface area contributed by atoms with Crippen molar-refractivity contribution >= 4 is 33.1 Å². The van der Waals surface area contributed by atoms with Crippen molar-refractivity contribution in [2.75, 3.05) is 5.32 Å². The molecule has 2 nitrogen and oxygen atoms in total. The molecule has 144 valence electrons. The highest BCUT2D eigenvalue weighted by Crippen LogP contribution is 2.61. The van der Waals surface area contributed by atoms with Gasteiger partial charge in [-0.3, -0.25) is 4.79 Å². The summed E-state index contributed by atoms with van der Waals surface area (Å²) in [6, 6.07) is 5.94. The summed E-state index contributed by atoms with van der Waals surface area (Å²) in [5.41, 5.74) is 4.81. The van der Waals surface area contributed by atoms with Gasteiger partial charge in [-0.05, 0) is 66.9 Å². The van der Waals surface area contributed by atoms with Gasteiger partial charge >= 0.3 is 0 Å². The maximum absolute atomic E-state index is 12.6. The van der Waals surface area contributed by atoms with Crippen LogP contribution in [0.25, 0.3) is 5.57 Å². The number of amides is 1. The molecule has 0 spiro atoms. The van der Waals surface area contributed by atoms with Crippen molar-refractivity contribution in [1.29, 1.82) is 0 Å². The Morgan fingerprint density at radius 2 is 2.07 bits per heavy atom. The molecule has 0 aromatic heterocycles. The Hall–Kier alpha value is -1.35. The molecule has 3 aliphatic rings. The molecule has 27 heavy (non-hydrogen) atoms. The summed E-state index contributed by atoms with van der Waals surface area (Å²) in [6.07, 6.45) is 9.39. The summed E-state index contributed by atoms with van der Waals surface area (Å²) in [5.74, 6) is 1.22. The summed E-state index contributed by atoms with van der Waals surface area (Å²) >= 11 is 3.62. The van der Waals surface area contributed by atoms with Gasteiger partial charge in [0.05, 0.1) is 5.69 Å². The first-order valence-corrected chi connectivity index (χ1v) is 11.0. The predicted molar refractivity (Wildman–Crippen MR) is 116 cm³/mol. The number of carbonyl (C=O) groups is 1. The Kier molecular flexibility index (Phi) is 4.65. The smallest absolute Gasteiger partial charge is 0.256 e. The van der Waals surface area contributed by atoms with Crippen LogP contribution in [0.3, 0.4) is 0 Å². The van der Waals surface area contributed by atoms with E-state index in [0.29, 0.717) is 16.7 Å². The van der Waals surface area contributed by atoms with Crippen LogP contribution in [0.4, 0.5) is 5.69 Å². The molecular formula is C24H30BrNO. The highest BCUT2D eigenvalue weighted by atomic mass is 79.9. The van der Waals surface area contributed by atoms with Crippen molar-refractivity contribution in [3.05, 3.63) is 46.5 Å². The van der Waals surface area contributed by atoms with Crippen molar-refractivity contribution < 1.29 is 4.79 Å². The summed E-state index contributed by atoms with van der Waals surface area (Å²) in [6.45, 7) is 11.9. The quantitative estimate of drug-likeness (QED) is 0.400. The molecule has 0 unspecified atom stereocenters. The number of nitrogens with one attached hydrogen (secondary N) is 1. The van der Waals surface area contributed by atoms with Gasteiger partial charge in [-0.1, -0.05) is 67.4 Å². The van der Waals surface area contributed by atoms with E-state index < -0.39 is 0 Å². The van der Waals surface area contributed by atoms with E-state index in [2.05, 4.69) is 54.7 Å². The van der Waals surface area contributed by atoms with Crippen LogP contribution >= 0.6 is 15.9 Å². The van der Waals surface area contributed by atoms with Crippen LogP contribution in [0.15, 0.2) is 40.9 Å². The molecule has 1 heterocycles. The lowest BCUT2D eigenvalue weighted by Crippen LogP contribution is -2.49. The second-order valence-corrected chi connectivity index (χ2v) is 10.5. The molecule has 0 radical (unpaired) electrons. The Bertz CT molecular complexity index is 837. The van der Waals surface area contributed by atoms with Crippen LogP contribution in [-0.2, 0) is 4.79 Å². The van der Waals surface area contributed by atoms with E-state index >= 15 is 0 Å². The number of rotatable bonds is 2. The van der Waals surface area contributed by atoms with Gasteiger partial charge in [0.1, 0.15) is 0 Å². The van der Waals surface area contributed by atoms with Crippen LogP contribution in [0.5, 0.6) is 0 Å². The molecule has 1 N–H and O–H groups in total. The van der Waals surface area contributed by atoms with Gasteiger partial charge in [-0.15, -0.1) is 0 Å². The standard InChI is InChI=1S/C24H30BrNO/c1-15-9-12-20-23(2,3)13-6-14-24(20,4)17(15)11-10-16-21-18(25)7-5-8-19(21)26-22(16)27/h5,7-8,10,17,20H,1,6,9,11-14H2,2-4H3,(H,26,27)/b16-10-/t17-,20-,24+/m0/s1. The molecule has 2 aliphatic carbocycles. The lowest BCUT2D eigenvalue weighted by molar-refractivity contribution is -0.110. The van der Waals surface area contributed by atoms with E-state index in [1.807, 2.05) is 18.2 Å². The van der Waals surface area contributed by atoms with Crippen LogP contribution in [0, 0.1) is 22.7 Å². The van der Waals surface area contributed by atoms with E-state index in [4.69, 9.17) is 0 Å². The van der Waals surface area contributed by atoms with Crippen molar-refractivity contribution in [3.8, 4) is 0 Å². The first kappa shape index (κ1) is 19.0. The van der Waals surface area contributed by atoms with Crippen molar-refractivity contribution in [1.82, 2.24) is 0 Å². The minimum Gasteiger partial charge on any atom is -0.321 e. The maximum atomic E-state index is 12.6. The van der Waals surface area contributed by atoms with Gasteiger partial charge in [-0.2, -0.15) is 0 Å². The van der Waals surface area contributed by atoms with Crippen LogP contribution < -0.4 is 5.32 Å². The first-order valence-electron chi connectivity index (χ1n) is 10.2. The largest absolute Gasteiger partial charge is 0.321 e. The predicted octanol–water partition coefficient (Wildman–Crippen LogP) is 6.97. The highest BCUT2D eigenvalue weighted by Gasteiger charge is 2.52. The molecule has 2 fully saturated rings. The average Bonchev–Trinajstić information content (AvgIpc) is 2.90. The van der Waals surface area contributed by atoms with Crippen LogP contribution in [0.1, 0.15) is 64.9 Å². The van der Waals surface area contributed by atoms with Crippen molar-refractivity contribution in [3.63, 3.8) is 0 Å². The Labute approximate surface area is 171 Å². The number of hydrogen-bond acceptors (Lipinski definition) is 1. The summed E-state index contributed by atoms with van der Waals surface area (Å²) in [7, 11) is 0. The zero-order valence-corrected chi connectivity index (χ0v) is 18.3. The topological polar surface area (TPSA) is 29.1 Å². The maximum Gasteiger partial charge on any atom is 0.256 e. The minimum atomic E-state index is 0.0176. The average molecular weight is 428 g/mol. The fourth-order valence-corrected chi connectivity index (χ4v) is 6.93. The van der Waals surface area contributed by atoms with E-state index in [-0.39, 0.29) is 5.91 Å². The molecule has 0 bridgehead atoms. The number of benzene rings is 1. The van der Waals surface area contributed by atoms with E-state index in [1.165, 1.54) is 31.3 Å². The second kappa shape index (κ2) is 6.62.